The zero-order valence-electron chi connectivity index (χ0n) is 10.1. The smallest absolute Gasteiger partial charge is 0.223 e. The molecule has 0 aromatic heterocycles. The minimum atomic E-state index is 0.302. The lowest BCUT2D eigenvalue weighted by Crippen LogP contribution is -2.47. The van der Waals surface area contributed by atoms with E-state index in [2.05, 4.69) is 12.2 Å². The standard InChI is InChI=1S/C12H22N2O2/c1-12(9-16-10-12)8-13-5-4-11(15)14-6-2-3-7-14/h13H,2-10H2,1H3. The third kappa shape index (κ3) is 2.95. The summed E-state index contributed by atoms with van der Waals surface area (Å²) in [6.07, 6.45) is 2.99. The molecule has 2 aliphatic heterocycles. The highest BCUT2D eigenvalue weighted by Gasteiger charge is 2.32. The molecule has 2 heterocycles. The molecule has 1 amide bonds. The van der Waals surface area contributed by atoms with E-state index in [1.54, 1.807) is 0 Å². The molecule has 2 rings (SSSR count). The first-order valence-electron chi connectivity index (χ1n) is 6.26. The lowest BCUT2D eigenvalue weighted by Gasteiger charge is -2.38. The van der Waals surface area contributed by atoms with Crippen LogP contribution in [-0.2, 0) is 9.53 Å². The number of carbonyl (C=O) groups excluding carboxylic acids is 1. The molecule has 92 valence electrons. The zero-order valence-corrected chi connectivity index (χ0v) is 10.1. The van der Waals surface area contributed by atoms with Crippen molar-refractivity contribution in [2.24, 2.45) is 5.41 Å². The maximum Gasteiger partial charge on any atom is 0.223 e. The summed E-state index contributed by atoms with van der Waals surface area (Å²) in [5.74, 6) is 0.306. The number of ether oxygens (including phenoxy) is 1. The Labute approximate surface area is 97.3 Å². The summed E-state index contributed by atoms with van der Waals surface area (Å²) >= 11 is 0. The number of rotatable bonds is 5. The van der Waals surface area contributed by atoms with Crippen molar-refractivity contribution < 1.29 is 9.53 Å². The summed E-state index contributed by atoms with van der Waals surface area (Å²) < 4.78 is 5.18. The van der Waals surface area contributed by atoms with Crippen LogP contribution in [0.15, 0.2) is 0 Å². The van der Waals surface area contributed by atoms with Crippen LogP contribution >= 0.6 is 0 Å². The first kappa shape index (κ1) is 11.9. The minimum Gasteiger partial charge on any atom is -0.380 e. The maximum atomic E-state index is 11.7. The highest BCUT2D eigenvalue weighted by molar-refractivity contribution is 5.76. The number of nitrogens with one attached hydrogen (secondary N) is 1. The SMILES string of the molecule is CC1(CNCCC(=O)N2CCCC2)COC1. The van der Waals surface area contributed by atoms with Gasteiger partial charge in [-0.2, -0.15) is 0 Å². The van der Waals surface area contributed by atoms with E-state index < -0.39 is 0 Å². The molecule has 0 aromatic rings. The van der Waals surface area contributed by atoms with Crippen LogP contribution in [0.5, 0.6) is 0 Å². The van der Waals surface area contributed by atoms with Crippen LogP contribution < -0.4 is 5.32 Å². The normalized spacial score (nSPS) is 23.2. The first-order valence-corrected chi connectivity index (χ1v) is 6.26. The van der Waals surface area contributed by atoms with E-state index in [0.717, 1.165) is 39.4 Å². The fraction of sp³-hybridized carbons (Fsp3) is 0.917. The van der Waals surface area contributed by atoms with Crippen molar-refractivity contribution in [3.63, 3.8) is 0 Å². The van der Waals surface area contributed by atoms with Gasteiger partial charge in [0.1, 0.15) is 0 Å². The summed E-state index contributed by atoms with van der Waals surface area (Å²) in [5.41, 5.74) is 0.302. The Balaban J connectivity index is 1.55. The van der Waals surface area contributed by atoms with Crippen LogP contribution in [0.1, 0.15) is 26.2 Å². The largest absolute Gasteiger partial charge is 0.380 e. The van der Waals surface area contributed by atoms with Gasteiger partial charge in [0.2, 0.25) is 5.91 Å². The van der Waals surface area contributed by atoms with Crippen molar-refractivity contribution >= 4 is 5.91 Å². The molecule has 0 radical (unpaired) electrons. The second-order valence-corrected chi connectivity index (χ2v) is 5.32. The fourth-order valence-corrected chi connectivity index (χ4v) is 2.26. The number of nitrogens with zero attached hydrogens (tertiary/aromatic N) is 1. The highest BCUT2D eigenvalue weighted by atomic mass is 16.5. The summed E-state index contributed by atoms with van der Waals surface area (Å²) in [7, 11) is 0. The quantitative estimate of drug-likeness (QED) is 0.699. The molecule has 0 aliphatic carbocycles. The van der Waals surface area contributed by atoms with E-state index in [0.29, 0.717) is 17.7 Å². The van der Waals surface area contributed by atoms with E-state index in [-0.39, 0.29) is 0 Å². The van der Waals surface area contributed by atoms with Crippen molar-refractivity contribution in [1.29, 1.82) is 0 Å². The molecular weight excluding hydrogens is 204 g/mol. The maximum absolute atomic E-state index is 11.7. The van der Waals surface area contributed by atoms with Crippen LogP contribution in [0.3, 0.4) is 0 Å². The Morgan fingerprint density at radius 1 is 1.38 bits per heavy atom. The molecule has 1 N–H and O–H groups in total. The summed E-state index contributed by atoms with van der Waals surface area (Å²) in [5, 5.41) is 3.35. The molecule has 0 aromatic carbocycles. The van der Waals surface area contributed by atoms with Gasteiger partial charge in [0.05, 0.1) is 13.2 Å². The Morgan fingerprint density at radius 3 is 2.62 bits per heavy atom. The van der Waals surface area contributed by atoms with E-state index >= 15 is 0 Å². The third-order valence-electron chi connectivity index (χ3n) is 3.43. The number of hydrogen-bond donors (Lipinski definition) is 1. The highest BCUT2D eigenvalue weighted by Crippen LogP contribution is 2.24. The summed E-state index contributed by atoms with van der Waals surface area (Å²) in [6, 6.07) is 0. The predicted octanol–water partition coefficient (Wildman–Crippen LogP) is 0.625. The van der Waals surface area contributed by atoms with Crippen molar-refractivity contribution in [2.75, 3.05) is 39.4 Å². The van der Waals surface area contributed by atoms with E-state index in [9.17, 15) is 4.79 Å². The molecule has 0 unspecified atom stereocenters. The van der Waals surface area contributed by atoms with Crippen LogP contribution in [0.2, 0.25) is 0 Å². The molecule has 4 nitrogen and oxygen atoms in total. The van der Waals surface area contributed by atoms with E-state index in [1.807, 2.05) is 4.90 Å². The van der Waals surface area contributed by atoms with Crippen molar-refractivity contribution in [1.82, 2.24) is 10.2 Å². The zero-order chi connectivity index (χ0) is 11.4. The van der Waals surface area contributed by atoms with Gasteiger partial charge >= 0.3 is 0 Å². The molecule has 4 heteroatoms. The summed E-state index contributed by atoms with van der Waals surface area (Å²) in [6.45, 7) is 7.59. The Morgan fingerprint density at radius 2 is 2.06 bits per heavy atom. The van der Waals surface area contributed by atoms with Gasteiger partial charge in [0.25, 0.3) is 0 Å². The van der Waals surface area contributed by atoms with Gasteiger partial charge in [-0.25, -0.2) is 0 Å². The second-order valence-electron chi connectivity index (χ2n) is 5.32. The van der Waals surface area contributed by atoms with Crippen molar-refractivity contribution in [3.8, 4) is 0 Å². The van der Waals surface area contributed by atoms with Crippen molar-refractivity contribution in [2.45, 2.75) is 26.2 Å². The van der Waals surface area contributed by atoms with Crippen molar-refractivity contribution in [3.05, 3.63) is 0 Å². The Kier molecular flexibility index (Phi) is 3.82. The lowest BCUT2D eigenvalue weighted by molar-refractivity contribution is -0.130. The third-order valence-corrected chi connectivity index (χ3v) is 3.43. The predicted molar refractivity (Wildman–Crippen MR) is 62.2 cm³/mol. The van der Waals surface area contributed by atoms with Crippen LogP contribution in [0.25, 0.3) is 0 Å². The van der Waals surface area contributed by atoms with Crippen LogP contribution in [-0.4, -0.2) is 50.2 Å². The lowest BCUT2D eigenvalue weighted by atomic mass is 9.89. The summed E-state index contributed by atoms with van der Waals surface area (Å²) in [4.78, 5) is 13.7. The Hall–Kier alpha value is -0.610. The van der Waals surface area contributed by atoms with Crippen LogP contribution in [0, 0.1) is 5.41 Å². The van der Waals surface area contributed by atoms with Gasteiger partial charge in [-0.1, -0.05) is 6.92 Å². The molecule has 2 aliphatic rings. The Bertz CT molecular complexity index is 245. The van der Waals surface area contributed by atoms with E-state index in [4.69, 9.17) is 4.74 Å². The van der Waals surface area contributed by atoms with Gasteiger partial charge < -0.3 is 15.0 Å². The molecule has 0 bridgehead atoms. The number of amides is 1. The average Bonchev–Trinajstić information content (AvgIpc) is 2.74. The molecule has 0 atom stereocenters. The number of carbonyl (C=O) groups is 1. The fourth-order valence-electron chi connectivity index (χ4n) is 2.26. The molecule has 16 heavy (non-hydrogen) atoms. The van der Waals surface area contributed by atoms with Gasteiger partial charge in [0.15, 0.2) is 0 Å². The minimum absolute atomic E-state index is 0.302. The van der Waals surface area contributed by atoms with E-state index in [1.165, 1.54) is 12.8 Å². The molecule has 2 fully saturated rings. The molecular formula is C12H22N2O2. The van der Waals surface area contributed by atoms with Gasteiger partial charge in [-0.15, -0.1) is 0 Å². The molecule has 2 saturated heterocycles. The first-order chi connectivity index (χ1) is 7.70. The van der Waals surface area contributed by atoms with Gasteiger partial charge in [-0.3, -0.25) is 4.79 Å². The number of hydrogen-bond acceptors (Lipinski definition) is 3. The molecule has 0 saturated carbocycles. The van der Waals surface area contributed by atoms with Gasteiger partial charge in [0, 0.05) is 38.0 Å². The monoisotopic (exact) mass is 226 g/mol. The average molecular weight is 226 g/mol. The number of likely N-dealkylation sites (tertiary alicyclic amines) is 1. The van der Waals surface area contributed by atoms with Gasteiger partial charge in [-0.05, 0) is 12.8 Å². The topological polar surface area (TPSA) is 41.6 Å². The van der Waals surface area contributed by atoms with Crippen LogP contribution in [0.4, 0.5) is 0 Å². The second kappa shape index (κ2) is 5.15. The molecule has 0 spiro atoms.